The highest BCUT2D eigenvalue weighted by Crippen LogP contribution is 2.25. The van der Waals surface area contributed by atoms with Crippen molar-refractivity contribution in [2.24, 2.45) is 5.73 Å². The van der Waals surface area contributed by atoms with Crippen molar-refractivity contribution in [3.63, 3.8) is 0 Å². The van der Waals surface area contributed by atoms with Crippen LogP contribution in [0.15, 0.2) is 30.3 Å². The number of hydrogen-bond acceptors (Lipinski definition) is 3. The second-order valence-electron chi connectivity index (χ2n) is 4.74. The number of rotatable bonds is 4. The molecule has 2 N–H and O–H groups in total. The topological polar surface area (TPSA) is 42.1 Å². The SMILES string of the molecule is Cc1cccc(CN(C)c2c(F)cc(CN)cc2F)n1. The van der Waals surface area contributed by atoms with E-state index in [1.54, 1.807) is 7.05 Å². The van der Waals surface area contributed by atoms with Crippen LogP contribution >= 0.6 is 0 Å². The first kappa shape index (κ1) is 14.4. The van der Waals surface area contributed by atoms with Gasteiger partial charge in [0.15, 0.2) is 0 Å². The van der Waals surface area contributed by atoms with Crippen molar-refractivity contribution in [2.45, 2.75) is 20.0 Å². The number of aryl methyl sites for hydroxylation is 1. The molecular weight excluding hydrogens is 260 g/mol. The molecule has 2 rings (SSSR count). The molecule has 0 atom stereocenters. The molecule has 0 aliphatic heterocycles. The van der Waals surface area contributed by atoms with Gasteiger partial charge in [-0.2, -0.15) is 0 Å². The molecule has 0 saturated carbocycles. The van der Waals surface area contributed by atoms with Crippen LogP contribution in [-0.2, 0) is 13.1 Å². The van der Waals surface area contributed by atoms with E-state index in [1.165, 1.54) is 17.0 Å². The van der Waals surface area contributed by atoms with Gasteiger partial charge in [-0.25, -0.2) is 8.78 Å². The molecule has 0 bridgehead atoms. The number of anilines is 1. The maximum Gasteiger partial charge on any atom is 0.149 e. The Morgan fingerprint density at radius 2 is 1.85 bits per heavy atom. The molecule has 3 nitrogen and oxygen atoms in total. The van der Waals surface area contributed by atoms with E-state index in [1.807, 2.05) is 25.1 Å². The van der Waals surface area contributed by atoms with Crippen LogP contribution in [0.25, 0.3) is 0 Å². The normalized spacial score (nSPS) is 10.7. The summed E-state index contributed by atoms with van der Waals surface area (Å²) in [5.74, 6) is -1.22. The Hall–Kier alpha value is -2.01. The van der Waals surface area contributed by atoms with Crippen molar-refractivity contribution < 1.29 is 8.78 Å². The lowest BCUT2D eigenvalue weighted by Crippen LogP contribution is -2.20. The number of nitrogens with zero attached hydrogens (tertiary/aromatic N) is 2. The molecule has 0 aliphatic rings. The first-order chi connectivity index (χ1) is 9.51. The molecule has 0 spiro atoms. The number of aromatic nitrogens is 1. The summed E-state index contributed by atoms with van der Waals surface area (Å²) in [5.41, 5.74) is 7.40. The van der Waals surface area contributed by atoms with Crippen LogP contribution in [0.3, 0.4) is 0 Å². The molecule has 5 heteroatoms. The van der Waals surface area contributed by atoms with Gasteiger partial charge >= 0.3 is 0 Å². The van der Waals surface area contributed by atoms with E-state index in [0.29, 0.717) is 12.1 Å². The summed E-state index contributed by atoms with van der Waals surface area (Å²) in [6.07, 6.45) is 0. The Bertz CT molecular complexity index is 591. The Kier molecular flexibility index (Phi) is 4.29. The number of pyridine rings is 1. The highest BCUT2D eigenvalue weighted by Gasteiger charge is 2.15. The standard InChI is InChI=1S/C15H17F2N3/c1-10-4-3-5-12(19-10)9-20(2)15-13(16)6-11(8-18)7-14(15)17/h3-7H,8-9,18H2,1-2H3. The van der Waals surface area contributed by atoms with Crippen molar-refractivity contribution in [1.29, 1.82) is 0 Å². The molecule has 1 aromatic carbocycles. The van der Waals surface area contributed by atoms with E-state index in [9.17, 15) is 8.78 Å². The third-order valence-corrected chi connectivity index (χ3v) is 3.04. The van der Waals surface area contributed by atoms with E-state index in [0.717, 1.165) is 11.4 Å². The molecule has 0 fully saturated rings. The van der Waals surface area contributed by atoms with Gasteiger partial charge < -0.3 is 10.6 Å². The van der Waals surface area contributed by atoms with Crippen LogP contribution in [0.1, 0.15) is 17.0 Å². The monoisotopic (exact) mass is 277 g/mol. The minimum Gasteiger partial charge on any atom is -0.364 e. The summed E-state index contributed by atoms with van der Waals surface area (Å²) in [4.78, 5) is 5.83. The average Bonchev–Trinajstić information content (AvgIpc) is 2.37. The Morgan fingerprint density at radius 3 is 2.40 bits per heavy atom. The quantitative estimate of drug-likeness (QED) is 0.934. The maximum atomic E-state index is 14.0. The molecule has 0 aliphatic carbocycles. The van der Waals surface area contributed by atoms with Crippen LogP contribution in [0.4, 0.5) is 14.5 Å². The van der Waals surface area contributed by atoms with Gasteiger partial charge in [0.2, 0.25) is 0 Å². The molecule has 2 aromatic rings. The van der Waals surface area contributed by atoms with Gasteiger partial charge in [0.1, 0.15) is 17.3 Å². The summed E-state index contributed by atoms with van der Waals surface area (Å²) >= 11 is 0. The van der Waals surface area contributed by atoms with Crippen molar-refractivity contribution in [2.75, 3.05) is 11.9 Å². The van der Waals surface area contributed by atoms with Crippen LogP contribution < -0.4 is 10.6 Å². The molecular formula is C15H17F2N3. The zero-order valence-corrected chi connectivity index (χ0v) is 11.5. The lowest BCUT2D eigenvalue weighted by atomic mass is 10.1. The smallest absolute Gasteiger partial charge is 0.149 e. The third-order valence-electron chi connectivity index (χ3n) is 3.04. The van der Waals surface area contributed by atoms with Crippen LogP contribution in [-0.4, -0.2) is 12.0 Å². The first-order valence-corrected chi connectivity index (χ1v) is 6.33. The lowest BCUT2D eigenvalue weighted by molar-refractivity contribution is 0.572. The Morgan fingerprint density at radius 1 is 1.20 bits per heavy atom. The molecule has 1 heterocycles. The van der Waals surface area contributed by atoms with Crippen LogP contribution in [0.5, 0.6) is 0 Å². The number of hydrogen-bond donors (Lipinski definition) is 1. The molecule has 0 radical (unpaired) electrons. The summed E-state index contributed by atoms with van der Waals surface area (Å²) in [6.45, 7) is 2.31. The van der Waals surface area contributed by atoms with Gasteiger partial charge in [-0.15, -0.1) is 0 Å². The summed E-state index contributed by atoms with van der Waals surface area (Å²) in [6, 6.07) is 8.10. The molecule has 106 valence electrons. The summed E-state index contributed by atoms with van der Waals surface area (Å²) in [5, 5.41) is 0. The zero-order valence-electron chi connectivity index (χ0n) is 11.5. The van der Waals surface area contributed by atoms with Crippen LogP contribution in [0, 0.1) is 18.6 Å². The van der Waals surface area contributed by atoms with Gasteiger partial charge in [-0.05, 0) is 36.8 Å². The first-order valence-electron chi connectivity index (χ1n) is 6.33. The van der Waals surface area contributed by atoms with E-state index in [4.69, 9.17) is 5.73 Å². The fraction of sp³-hybridized carbons (Fsp3) is 0.267. The predicted octanol–water partition coefficient (Wildman–Crippen LogP) is 2.76. The Balaban J connectivity index is 2.27. The largest absolute Gasteiger partial charge is 0.364 e. The number of benzene rings is 1. The predicted molar refractivity (Wildman–Crippen MR) is 75.3 cm³/mol. The highest BCUT2D eigenvalue weighted by molar-refractivity contribution is 5.50. The van der Waals surface area contributed by atoms with Crippen molar-refractivity contribution in [1.82, 2.24) is 4.98 Å². The summed E-state index contributed by atoms with van der Waals surface area (Å²) < 4.78 is 27.9. The van der Waals surface area contributed by atoms with Crippen molar-refractivity contribution in [3.05, 3.63) is 58.9 Å². The number of nitrogens with two attached hydrogens (primary N) is 1. The Labute approximate surface area is 117 Å². The third kappa shape index (κ3) is 3.11. The van der Waals surface area contributed by atoms with Gasteiger partial charge in [-0.1, -0.05) is 6.07 Å². The molecule has 0 saturated heterocycles. The second-order valence-corrected chi connectivity index (χ2v) is 4.74. The van der Waals surface area contributed by atoms with E-state index < -0.39 is 11.6 Å². The van der Waals surface area contributed by atoms with E-state index in [2.05, 4.69) is 4.98 Å². The van der Waals surface area contributed by atoms with E-state index >= 15 is 0 Å². The molecule has 0 unspecified atom stereocenters. The maximum absolute atomic E-state index is 14.0. The van der Waals surface area contributed by atoms with E-state index in [-0.39, 0.29) is 12.2 Å². The molecule has 0 amide bonds. The highest BCUT2D eigenvalue weighted by atomic mass is 19.1. The zero-order chi connectivity index (χ0) is 14.7. The summed E-state index contributed by atoms with van der Waals surface area (Å²) in [7, 11) is 1.63. The average molecular weight is 277 g/mol. The molecule has 1 aromatic heterocycles. The number of halogens is 2. The van der Waals surface area contributed by atoms with Gasteiger partial charge in [-0.3, -0.25) is 4.98 Å². The minimum atomic E-state index is -0.611. The second kappa shape index (κ2) is 5.96. The van der Waals surface area contributed by atoms with Crippen molar-refractivity contribution >= 4 is 5.69 Å². The van der Waals surface area contributed by atoms with Gasteiger partial charge in [0, 0.05) is 19.3 Å². The fourth-order valence-corrected chi connectivity index (χ4v) is 2.11. The fourth-order valence-electron chi connectivity index (χ4n) is 2.11. The van der Waals surface area contributed by atoms with Gasteiger partial charge in [0.25, 0.3) is 0 Å². The van der Waals surface area contributed by atoms with Crippen molar-refractivity contribution in [3.8, 4) is 0 Å². The van der Waals surface area contributed by atoms with Gasteiger partial charge in [0.05, 0.1) is 12.2 Å². The molecule has 20 heavy (non-hydrogen) atoms. The van der Waals surface area contributed by atoms with Crippen LogP contribution in [0.2, 0.25) is 0 Å². The minimum absolute atomic E-state index is 0.0643. The lowest BCUT2D eigenvalue weighted by Gasteiger charge is -2.21.